The third-order valence-electron chi connectivity index (χ3n) is 5.24. The maximum atomic E-state index is 12.9. The number of rotatable bonds is 11. The molecule has 176 valence electrons. The predicted molar refractivity (Wildman–Crippen MR) is 127 cm³/mol. The molecule has 0 fully saturated rings. The van der Waals surface area contributed by atoms with Crippen molar-refractivity contribution in [1.82, 2.24) is 9.55 Å². The first-order valence-corrected chi connectivity index (χ1v) is 10.8. The van der Waals surface area contributed by atoms with E-state index in [0.717, 1.165) is 5.56 Å². The average molecular weight is 455 g/mol. The zero-order valence-corrected chi connectivity index (χ0v) is 19.1. The lowest BCUT2D eigenvalue weighted by Gasteiger charge is -2.14. The maximum absolute atomic E-state index is 12.9. The number of pyridine rings is 1. The van der Waals surface area contributed by atoms with Crippen LogP contribution in [0.2, 0.25) is 0 Å². The summed E-state index contributed by atoms with van der Waals surface area (Å²) in [4.78, 5) is 30.2. The molecule has 9 heteroatoms. The number of nitrogens with one attached hydrogen (secondary N) is 2. The SMILES string of the molecule is COCCn1c(C(=O)OC)c(NC(=O)Cc2ccccc2)c2cc(N[C@H](C)CCO)cnc21. The van der Waals surface area contributed by atoms with Crippen molar-refractivity contribution >= 4 is 34.3 Å². The van der Waals surface area contributed by atoms with E-state index in [9.17, 15) is 14.7 Å². The summed E-state index contributed by atoms with van der Waals surface area (Å²) >= 11 is 0. The number of amides is 1. The monoisotopic (exact) mass is 454 g/mol. The molecule has 0 aliphatic heterocycles. The molecule has 1 aromatic carbocycles. The van der Waals surface area contributed by atoms with Crippen LogP contribution in [0.3, 0.4) is 0 Å². The van der Waals surface area contributed by atoms with Gasteiger partial charge in [-0.2, -0.15) is 0 Å². The number of fused-ring (bicyclic) bond motifs is 1. The molecule has 0 aliphatic rings. The highest BCUT2D eigenvalue weighted by atomic mass is 16.5. The van der Waals surface area contributed by atoms with Gasteiger partial charge in [-0.15, -0.1) is 0 Å². The Hall–Kier alpha value is -3.43. The van der Waals surface area contributed by atoms with Gasteiger partial charge in [0.05, 0.1) is 37.7 Å². The Bertz CT molecular complexity index is 1100. The van der Waals surface area contributed by atoms with Crippen molar-refractivity contribution in [3.63, 3.8) is 0 Å². The zero-order valence-electron chi connectivity index (χ0n) is 19.1. The fourth-order valence-electron chi connectivity index (χ4n) is 3.65. The minimum Gasteiger partial charge on any atom is -0.464 e. The van der Waals surface area contributed by atoms with Gasteiger partial charge in [0, 0.05) is 31.7 Å². The van der Waals surface area contributed by atoms with Crippen molar-refractivity contribution in [3.05, 3.63) is 53.9 Å². The highest BCUT2D eigenvalue weighted by molar-refractivity contribution is 6.11. The minimum atomic E-state index is -0.581. The number of aliphatic hydroxyl groups excluding tert-OH is 1. The molecule has 0 bridgehead atoms. The molecule has 2 heterocycles. The number of aromatic nitrogens is 2. The molecular weight excluding hydrogens is 424 g/mol. The fourth-order valence-corrected chi connectivity index (χ4v) is 3.65. The lowest BCUT2D eigenvalue weighted by Crippen LogP contribution is -2.19. The molecule has 9 nitrogen and oxygen atoms in total. The van der Waals surface area contributed by atoms with E-state index in [2.05, 4.69) is 15.6 Å². The molecule has 2 aromatic heterocycles. The van der Waals surface area contributed by atoms with E-state index in [-0.39, 0.29) is 30.7 Å². The van der Waals surface area contributed by atoms with Crippen LogP contribution in [0.1, 0.15) is 29.4 Å². The number of carbonyl (C=O) groups excluding carboxylic acids is 2. The largest absolute Gasteiger partial charge is 0.464 e. The summed E-state index contributed by atoms with van der Waals surface area (Å²) in [5.41, 5.74) is 2.65. The van der Waals surface area contributed by atoms with E-state index in [0.29, 0.717) is 42.0 Å². The van der Waals surface area contributed by atoms with Crippen LogP contribution in [0.4, 0.5) is 11.4 Å². The van der Waals surface area contributed by atoms with Gasteiger partial charge in [0.1, 0.15) is 5.65 Å². The maximum Gasteiger partial charge on any atom is 0.356 e. The number of methoxy groups -OCH3 is 2. The molecule has 1 amide bonds. The van der Waals surface area contributed by atoms with Gasteiger partial charge in [0.25, 0.3) is 0 Å². The van der Waals surface area contributed by atoms with Gasteiger partial charge < -0.3 is 29.8 Å². The molecule has 3 N–H and O–H groups in total. The van der Waals surface area contributed by atoms with Crippen LogP contribution in [0, 0.1) is 0 Å². The molecule has 0 saturated heterocycles. The molecule has 0 saturated carbocycles. The van der Waals surface area contributed by atoms with Gasteiger partial charge in [-0.25, -0.2) is 9.78 Å². The molecule has 1 atom stereocenters. The second-order valence-electron chi connectivity index (χ2n) is 7.72. The van der Waals surface area contributed by atoms with E-state index < -0.39 is 5.97 Å². The van der Waals surface area contributed by atoms with Crippen molar-refractivity contribution in [2.45, 2.75) is 32.4 Å². The fraction of sp³-hybridized carbons (Fsp3) is 0.375. The molecular formula is C24H30N4O5. The van der Waals surface area contributed by atoms with Crippen LogP contribution in [0.25, 0.3) is 11.0 Å². The van der Waals surface area contributed by atoms with Crippen molar-refractivity contribution in [1.29, 1.82) is 0 Å². The molecule has 33 heavy (non-hydrogen) atoms. The number of aliphatic hydroxyl groups is 1. The predicted octanol–water partition coefficient (Wildman–Crippen LogP) is 2.83. The van der Waals surface area contributed by atoms with Gasteiger partial charge in [-0.1, -0.05) is 30.3 Å². The second-order valence-corrected chi connectivity index (χ2v) is 7.72. The van der Waals surface area contributed by atoms with E-state index >= 15 is 0 Å². The van der Waals surface area contributed by atoms with E-state index in [1.54, 1.807) is 17.9 Å². The number of hydrogen-bond donors (Lipinski definition) is 3. The third-order valence-corrected chi connectivity index (χ3v) is 5.24. The summed E-state index contributed by atoms with van der Waals surface area (Å²) in [6.45, 7) is 2.71. The zero-order chi connectivity index (χ0) is 23.8. The van der Waals surface area contributed by atoms with Gasteiger partial charge in [0.2, 0.25) is 5.91 Å². The van der Waals surface area contributed by atoms with Crippen molar-refractivity contribution < 1.29 is 24.2 Å². The number of ether oxygens (including phenoxy) is 2. The Kier molecular flexibility index (Phi) is 8.39. The Labute approximate surface area is 192 Å². The van der Waals surface area contributed by atoms with E-state index in [1.807, 2.05) is 43.3 Å². The second kappa shape index (κ2) is 11.4. The van der Waals surface area contributed by atoms with Crippen molar-refractivity contribution in [2.75, 3.05) is 38.1 Å². The highest BCUT2D eigenvalue weighted by Crippen LogP contribution is 2.33. The quantitative estimate of drug-likeness (QED) is 0.382. The van der Waals surface area contributed by atoms with Crippen LogP contribution in [0.15, 0.2) is 42.6 Å². The number of anilines is 2. The van der Waals surface area contributed by atoms with Crippen LogP contribution >= 0.6 is 0 Å². The first-order chi connectivity index (χ1) is 16.0. The van der Waals surface area contributed by atoms with E-state index in [1.165, 1.54) is 7.11 Å². The first kappa shape index (κ1) is 24.2. The van der Waals surface area contributed by atoms with Crippen LogP contribution < -0.4 is 10.6 Å². The smallest absolute Gasteiger partial charge is 0.356 e. The Morgan fingerprint density at radius 3 is 2.64 bits per heavy atom. The molecule has 0 radical (unpaired) electrons. The first-order valence-electron chi connectivity index (χ1n) is 10.8. The van der Waals surface area contributed by atoms with Crippen LogP contribution in [-0.4, -0.2) is 60.0 Å². The standard InChI is InChI=1S/C24H30N4O5/c1-16(9-11-29)26-18-14-19-21(27-20(30)13-17-7-5-4-6-8-17)22(24(31)33-3)28(10-12-32-2)23(19)25-15-18/h4-8,14-16,26,29H,9-13H2,1-3H3,(H,27,30)/t16-/m1/s1. The molecule has 0 aliphatic carbocycles. The highest BCUT2D eigenvalue weighted by Gasteiger charge is 2.26. The summed E-state index contributed by atoms with van der Waals surface area (Å²) < 4.78 is 11.9. The number of carbonyl (C=O) groups is 2. The van der Waals surface area contributed by atoms with Gasteiger partial charge >= 0.3 is 5.97 Å². The number of hydrogen-bond acceptors (Lipinski definition) is 7. The normalized spacial score (nSPS) is 11.9. The third kappa shape index (κ3) is 5.88. The number of benzene rings is 1. The van der Waals surface area contributed by atoms with Crippen molar-refractivity contribution in [3.8, 4) is 0 Å². The Morgan fingerprint density at radius 2 is 1.97 bits per heavy atom. The average Bonchev–Trinajstić information content (AvgIpc) is 3.10. The van der Waals surface area contributed by atoms with Gasteiger partial charge in [-0.3, -0.25) is 4.79 Å². The summed E-state index contributed by atoms with van der Waals surface area (Å²) in [5, 5.41) is 16.0. The number of nitrogens with zero attached hydrogens (tertiary/aromatic N) is 2. The summed E-state index contributed by atoms with van der Waals surface area (Å²) in [5.74, 6) is -0.841. The lowest BCUT2D eigenvalue weighted by molar-refractivity contribution is -0.115. The van der Waals surface area contributed by atoms with Crippen LogP contribution in [-0.2, 0) is 27.2 Å². The molecule has 3 rings (SSSR count). The molecule has 3 aromatic rings. The topological polar surface area (TPSA) is 115 Å². The van der Waals surface area contributed by atoms with Gasteiger partial charge in [-0.05, 0) is 25.0 Å². The van der Waals surface area contributed by atoms with Crippen LogP contribution in [0.5, 0.6) is 0 Å². The minimum absolute atomic E-state index is 0.0148. The Balaban J connectivity index is 2.07. The van der Waals surface area contributed by atoms with Gasteiger partial charge in [0.15, 0.2) is 5.69 Å². The summed E-state index contributed by atoms with van der Waals surface area (Å²) in [7, 11) is 2.87. The lowest BCUT2D eigenvalue weighted by atomic mass is 10.1. The number of esters is 1. The molecule has 0 unspecified atom stereocenters. The molecule has 0 spiro atoms. The van der Waals surface area contributed by atoms with Crippen molar-refractivity contribution in [2.24, 2.45) is 0 Å². The van der Waals surface area contributed by atoms with E-state index in [4.69, 9.17) is 9.47 Å². The summed E-state index contributed by atoms with van der Waals surface area (Å²) in [6.07, 6.45) is 2.39. The Morgan fingerprint density at radius 1 is 1.21 bits per heavy atom. The summed E-state index contributed by atoms with van der Waals surface area (Å²) in [6, 6.07) is 11.2.